The molecule has 0 spiro atoms. The van der Waals surface area contributed by atoms with Gasteiger partial charge in [0.05, 0.1) is 6.20 Å². The normalized spacial score (nSPS) is 11.4. The summed E-state index contributed by atoms with van der Waals surface area (Å²) < 4.78 is 2.14. The second kappa shape index (κ2) is 7.49. The van der Waals surface area contributed by atoms with Crippen molar-refractivity contribution in [2.24, 2.45) is 5.92 Å². The lowest BCUT2D eigenvalue weighted by Crippen LogP contribution is -2.19. The molecule has 0 atom stereocenters. The maximum Gasteiger partial charge on any atom is 0.0537 e. The van der Waals surface area contributed by atoms with Crippen LogP contribution in [0.5, 0.6) is 0 Å². The van der Waals surface area contributed by atoms with Crippen molar-refractivity contribution in [3.8, 4) is 0 Å². The fourth-order valence-electron chi connectivity index (χ4n) is 1.89. The van der Waals surface area contributed by atoms with Gasteiger partial charge in [0, 0.05) is 24.3 Å². The molecule has 0 aromatic carbocycles. The van der Waals surface area contributed by atoms with Crippen LogP contribution in [0, 0.1) is 12.8 Å². The smallest absolute Gasteiger partial charge is 0.0537 e. The first-order chi connectivity index (χ1) is 8.15. The Kier molecular flexibility index (Phi) is 6.27. The Hall–Kier alpha value is -0.830. The molecule has 0 aliphatic carbocycles. The van der Waals surface area contributed by atoms with E-state index in [0.717, 1.165) is 19.6 Å². The number of unbranched alkanes of at least 4 members (excludes halogenated alkanes) is 2. The van der Waals surface area contributed by atoms with E-state index in [9.17, 15) is 0 Å². The Labute approximate surface area is 106 Å². The lowest BCUT2D eigenvalue weighted by atomic mass is 10.2. The molecule has 3 heteroatoms. The highest BCUT2D eigenvalue weighted by Crippen LogP contribution is 2.08. The average molecular weight is 237 g/mol. The number of hydrogen-bond acceptors (Lipinski definition) is 2. The Bertz CT molecular complexity index is 315. The first kappa shape index (κ1) is 14.2. The number of nitrogens with zero attached hydrogens (tertiary/aromatic N) is 2. The van der Waals surface area contributed by atoms with Crippen LogP contribution in [0.25, 0.3) is 0 Å². The van der Waals surface area contributed by atoms with Gasteiger partial charge >= 0.3 is 0 Å². The predicted molar refractivity (Wildman–Crippen MR) is 73.0 cm³/mol. The summed E-state index contributed by atoms with van der Waals surface area (Å²) in [6, 6.07) is 0. The Morgan fingerprint density at radius 2 is 2.12 bits per heavy atom. The summed E-state index contributed by atoms with van der Waals surface area (Å²) in [4.78, 5) is 0. The molecule has 0 aliphatic heterocycles. The van der Waals surface area contributed by atoms with E-state index < -0.39 is 0 Å². The maximum atomic E-state index is 4.46. The third-order valence-electron chi connectivity index (χ3n) is 3.05. The van der Waals surface area contributed by atoms with E-state index in [0.29, 0.717) is 5.92 Å². The summed E-state index contributed by atoms with van der Waals surface area (Å²) in [5.74, 6) is 0.704. The number of rotatable bonds is 8. The summed E-state index contributed by atoms with van der Waals surface area (Å²) in [5.41, 5.74) is 2.65. The minimum atomic E-state index is 0.704. The molecule has 0 radical (unpaired) electrons. The lowest BCUT2D eigenvalue weighted by molar-refractivity contribution is 0.536. The predicted octanol–water partition coefficient (Wildman–Crippen LogP) is 3.13. The van der Waals surface area contributed by atoms with Crippen molar-refractivity contribution in [2.45, 2.75) is 60.0 Å². The second-order valence-electron chi connectivity index (χ2n) is 5.21. The van der Waals surface area contributed by atoms with Crippen molar-refractivity contribution in [1.29, 1.82) is 0 Å². The Morgan fingerprint density at radius 1 is 1.35 bits per heavy atom. The summed E-state index contributed by atoms with van der Waals surface area (Å²) >= 11 is 0. The van der Waals surface area contributed by atoms with Gasteiger partial charge in [-0.1, -0.05) is 33.6 Å². The van der Waals surface area contributed by atoms with Gasteiger partial charge in [0.15, 0.2) is 0 Å². The summed E-state index contributed by atoms with van der Waals surface area (Å²) in [6.07, 6.45) is 5.80. The van der Waals surface area contributed by atoms with Gasteiger partial charge in [-0.3, -0.25) is 4.68 Å². The maximum absolute atomic E-state index is 4.46. The van der Waals surface area contributed by atoms with Crippen molar-refractivity contribution < 1.29 is 0 Å². The van der Waals surface area contributed by atoms with E-state index in [1.54, 1.807) is 0 Å². The second-order valence-corrected chi connectivity index (χ2v) is 5.21. The fraction of sp³-hybridized carbons (Fsp3) is 0.786. The zero-order valence-corrected chi connectivity index (χ0v) is 11.8. The first-order valence-corrected chi connectivity index (χ1v) is 6.87. The molecule has 0 unspecified atom stereocenters. The third-order valence-corrected chi connectivity index (χ3v) is 3.05. The van der Waals surface area contributed by atoms with Crippen LogP contribution < -0.4 is 5.32 Å². The van der Waals surface area contributed by atoms with Crippen LogP contribution in [-0.4, -0.2) is 16.3 Å². The van der Waals surface area contributed by atoms with Gasteiger partial charge in [-0.15, -0.1) is 0 Å². The van der Waals surface area contributed by atoms with Crippen molar-refractivity contribution in [3.05, 3.63) is 17.5 Å². The standard InChI is InChI=1S/C14H27N3/c1-5-6-7-8-17-13(4)14(11-16-17)10-15-9-12(2)3/h11-12,15H,5-10H2,1-4H3. The van der Waals surface area contributed by atoms with E-state index in [-0.39, 0.29) is 0 Å². The highest BCUT2D eigenvalue weighted by Gasteiger charge is 2.05. The summed E-state index contributed by atoms with van der Waals surface area (Å²) in [7, 11) is 0. The minimum Gasteiger partial charge on any atom is -0.312 e. The van der Waals surface area contributed by atoms with Crippen LogP contribution in [-0.2, 0) is 13.1 Å². The molecule has 0 bridgehead atoms. The molecular formula is C14H27N3. The van der Waals surface area contributed by atoms with Crippen LogP contribution in [0.4, 0.5) is 0 Å². The average Bonchev–Trinajstić information content (AvgIpc) is 2.61. The van der Waals surface area contributed by atoms with Crippen LogP contribution in [0.15, 0.2) is 6.20 Å². The molecule has 17 heavy (non-hydrogen) atoms. The van der Waals surface area contributed by atoms with Crippen LogP contribution in [0.1, 0.15) is 51.3 Å². The molecular weight excluding hydrogens is 210 g/mol. The number of hydrogen-bond donors (Lipinski definition) is 1. The van der Waals surface area contributed by atoms with E-state index >= 15 is 0 Å². The van der Waals surface area contributed by atoms with Crippen molar-refractivity contribution in [1.82, 2.24) is 15.1 Å². The van der Waals surface area contributed by atoms with E-state index in [2.05, 4.69) is 42.8 Å². The molecule has 1 rings (SSSR count). The van der Waals surface area contributed by atoms with Crippen molar-refractivity contribution in [2.75, 3.05) is 6.54 Å². The van der Waals surface area contributed by atoms with Gasteiger partial charge in [-0.2, -0.15) is 5.10 Å². The SMILES string of the molecule is CCCCCn1ncc(CNCC(C)C)c1C. The van der Waals surface area contributed by atoms with Crippen LogP contribution >= 0.6 is 0 Å². The molecule has 0 saturated heterocycles. The van der Waals surface area contributed by atoms with Gasteiger partial charge in [0.25, 0.3) is 0 Å². The lowest BCUT2D eigenvalue weighted by Gasteiger charge is -2.08. The molecule has 0 aliphatic rings. The van der Waals surface area contributed by atoms with Gasteiger partial charge in [-0.05, 0) is 25.8 Å². The molecule has 1 N–H and O–H groups in total. The topological polar surface area (TPSA) is 29.9 Å². The molecule has 1 heterocycles. The van der Waals surface area contributed by atoms with Gasteiger partial charge in [0.2, 0.25) is 0 Å². The van der Waals surface area contributed by atoms with Gasteiger partial charge in [-0.25, -0.2) is 0 Å². The highest BCUT2D eigenvalue weighted by molar-refractivity contribution is 5.15. The Balaban J connectivity index is 2.40. The molecule has 0 saturated carbocycles. The number of nitrogens with one attached hydrogen (secondary N) is 1. The summed E-state index contributed by atoms with van der Waals surface area (Å²) in [5, 5.41) is 7.93. The molecule has 0 fully saturated rings. The fourth-order valence-corrected chi connectivity index (χ4v) is 1.89. The molecule has 0 amide bonds. The molecule has 98 valence electrons. The molecule has 3 nitrogen and oxygen atoms in total. The van der Waals surface area contributed by atoms with E-state index in [4.69, 9.17) is 0 Å². The van der Waals surface area contributed by atoms with Crippen LogP contribution in [0.3, 0.4) is 0 Å². The quantitative estimate of drug-likeness (QED) is 0.704. The van der Waals surface area contributed by atoms with Gasteiger partial charge in [0.1, 0.15) is 0 Å². The highest BCUT2D eigenvalue weighted by atomic mass is 15.3. The largest absolute Gasteiger partial charge is 0.312 e. The third kappa shape index (κ3) is 4.90. The molecule has 1 aromatic heterocycles. The molecule has 1 aromatic rings. The van der Waals surface area contributed by atoms with E-state index in [1.165, 1.54) is 30.5 Å². The van der Waals surface area contributed by atoms with Crippen LogP contribution in [0.2, 0.25) is 0 Å². The van der Waals surface area contributed by atoms with E-state index in [1.807, 2.05) is 6.20 Å². The first-order valence-electron chi connectivity index (χ1n) is 6.87. The summed E-state index contributed by atoms with van der Waals surface area (Å²) in [6.45, 7) is 11.9. The van der Waals surface area contributed by atoms with Gasteiger partial charge < -0.3 is 5.32 Å². The number of aromatic nitrogens is 2. The van der Waals surface area contributed by atoms with Crippen molar-refractivity contribution in [3.63, 3.8) is 0 Å². The zero-order chi connectivity index (χ0) is 12.7. The Morgan fingerprint density at radius 3 is 2.76 bits per heavy atom. The zero-order valence-electron chi connectivity index (χ0n) is 11.8. The monoisotopic (exact) mass is 237 g/mol. The number of aryl methyl sites for hydroxylation is 1. The van der Waals surface area contributed by atoms with Crippen molar-refractivity contribution >= 4 is 0 Å². The minimum absolute atomic E-state index is 0.704.